The van der Waals surface area contributed by atoms with Crippen LogP contribution >= 0.6 is 8.25 Å². The van der Waals surface area contributed by atoms with Crippen molar-refractivity contribution in [2.75, 3.05) is 13.1 Å². The maximum atomic E-state index is 12.1. The summed E-state index contributed by atoms with van der Waals surface area (Å²) in [4.78, 5) is 39.8. The third-order valence-electron chi connectivity index (χ3n) is 3.35. The molecule has 134 valence electrons. The summed E-state index contributed by atoms with van der Waals surface area (Å²) in [6.45, 7) is 3.25. The van der Waals surface area contributed by atoms with Gasteiger partial charge < -0.3 is 19.8 Å². The molecule has 0 unspecified atom stereocenters. The van der Waals surface area contributed by atoms with Gasteiger partial charge in [0, 0.05) is 13.1 Å². The van der Waals surface area contributed by atoms with E-state index < -0.39 is 20.4 Å². The molecule has 2 amide bonds. The van der Waals surface area contributed by atoms with Crippen LogP contribution in [0.5, 0.6) is 0 Å². The number of hydrogen-bond acceptors (Lipinski definition) is 4. The van der Waals surface area contributed by atoms with Gasteiger partial charge >= 0.3 is 14.3 Å². The highest BCUT2D eigenvalue weighted by Crippen LogP contribution is 2.19. The molecule has 9 heteroatoms. The molecule has 1 fully saturated rings. The number of likely N-dealkylation sites (tertiary alicyclic amines) is 1. The van der Waals surface area contributed by atoms with Crippen LogP contribution in [0.4, 0.5) is 4.79 Å². The SMILES string of the molecule is CCNC(=O)[C@@H]1CCCN1C(=O)OCc1ccccc1.O=[PH](O)O. The lowest BCUT2D eigenvalue weighted by Crippen LogP contribution is -2.46. The monoisotopic (exact) mass is 358 g/mol. The minimum Gasteiger partial charge on any atom is -0.445 e. The number of carbonyl (C=O) groups excluding carboxylic acids is 2. The second-order valence-electron chi connectivity index (χ2n) is 5.07. The highest BCUT2D eigenvalue weighted by Gasteiger charge is 2.34. The summed E-state index contributed by atoms with van der Waals surface area (Å²) >= 11 is 0. The van der Waals surface area contributed by atoms with Crippen LogP contribution in [-0.4, -0.2) is 45.8 Å². The van der Waals surface area contributed by atoms with Crippen molar-refractivity contribution in [1.29, 1.82) is 0 Å². The van der Waals surface area contributed by atoms with E-state index in [9.17, 15) is 9.59 Å². The minimum absolute atomic E-state index is 0.0957. The van der Waals surface area contributed by atoms with Crippen molar-refractivity contribution in [3.8, 4) is 0 Å². The molecule has 0 aromatic heterocycles. The first-order valence-corrected chi connectivity index (χ1v) is 8.92. The van der Waals surface area contributed by atoms with E-state index in [1.165, 1.54) is 4.90 Å². The summed E-state index contributed by atoms with van der Waals surface area (Å²) in [6.07, 6.45) is 1.12. The zero-order valence-electron chi connectivity index (χ0n) is 13.5. The molecule has 1 aromatic carbocycles. The van der Waals surface area contributed by atoms with Crippen LogP contribution in [0.15, 0.2) is 30.3 Å². The van der Waals surface area contributed by atoms with Gasteiger partial charge in [-0.2, -0.15) is 0 Å². The molecule has 3 N–H and O–H groups in total. The van der Waals surface area contributed by atoms with Gasteiger partial charge in [0.25, 0.3) is 0 Å². The van der Waals surface area contributed by atoms with Crippen molar-refractivity contribution in [2.24, 2.45) is 0 Å². The number of nitrogens with zero attached hydrogens (tertiary/aromatic N) is 1. The molecule has 1 aromatic rings. The Morgan fingerprint density at radius 1 is 1.33 bits per heavy atom. The number of hydrogen-bond donors (Lipinski definition) is 3. The molecule has 0 aliphatic carbocycles. The van der Waals surface area contributed by atoms with Crippen LogP contribution in [0.1, 0.15) is 25.3 Å². The van der Waals surface area contributed by atoms with Gasteiger partial charge in [-0.3, -0.25) is 14.3 Å². The molecule has 1 atom stereocenters. The fraction of sp³-hybridized carbons (Fsp3) is 0.467. The summed E-state index contributed by atoms with van der Waals surface area (Å²) in [7, 11) is -3.13. The maximum absolute atomic E-state index is 12.1. The zero-order valence-corrected chi connectivity index (χ0v) is 14.5. The first-order valence-electron chi connectivity index (χ1n) is 7.62. The Labute approximate surface area is 141 Å². The molecule has 0 spiro atoms. The van der Waals surface area contributed by atoms with Crippen LogP contribution in [0.25, 0.3) is 0 Å². The van der Waals surface area contributed by atoms with Gasteiger partial charge in [-0.05, 0) is 25.3 Å². The van der Waals surface area contributed by atoms with E-state index in [0.29, 0.717) is 19.5 Å². The highest BCUT2D eigenvalue weighted by molar-refractivity contribution is 7.30. The van der Waals surface area contributed by atoms with Crippen molar-refractivity contribution in [3.63, 3.8) is 0 Å². The molecule has 2 rings (SSSR count). The van der Waals surface area contributed by atoms with E-state index in [-0.39, 0.29) is 12.5 Å². The molecule has 1 heterocycles. The van der Waals surface area contributed by atoms with Gasteiger partial charge in [0.1, 0.15) is 12.6 Å². The summed E-state index contributed by atoms with van der Waals surface area (Å²) in [6, 6.07) is 9.12. The van der Waals surface area contributed by atoms with Gasteiger partial charge in [0.05, 0.1) is 0 Å². The standard InChI is InChI=1S/C15H20N2O3.H3O3P/c1-2-16-14(18)13-9-6-10-17(13)15(19)20-11-12-7-4-3-5-8-12;1-4(2)3/h3-5,7-8,13H,2,6,9-11H2,1H3,(H,16,18);4H,(H2,1,2,3)/t13-;/m0./s1. The molecular weight excluding hydrogens is 335 g/mol. The molecule has 1 aliphatic rings. The van der Waals surface area contributed by atoms with Gasteiger partial charge in [-0.25, -0.2) is 4.79 Å². The largest absolute Gasteiger partial charge is 0.445 e. The average molecular weight is 358 g/mol. The normalized spacial score (nSPS) is 16.3. The lowest BCUT2D eigenvalue weighted by molar-refractivity contribution is -0.125. The van der Waals surface area contributed by atoms with Crippen molar-refractivity contribution < 1.29 is 28.7 Å². The lowest BCUT2D eigenvalue weighted by atomic mass is 10.2. The molecular formula is C15H23N2O6P. The molecule has 8 nitrogen and oxygen atoms in total. The molecule has 24 heavy (non-hydrogen) atoms. The Balaban J connectivity index is 0.000000648. The number of benzene rings is 1. The maximum Gasteiger partial charge on any atom is 0.410 e. The highest BCUT2D eigenvalue weighted by atomic mass is 31.1. The van der Waals surface area contributed by atoms with Crippen molar-refractivity contribution in [3.05, 3.63) is 35.9 Å². The van der Waals surface area contributed by atoms with Crippen molar-refractivity contribution in [1.82, 2.24) is 10.2 Å². The first-order chi connectivity index (χ1) is 11.5. The second-order valence-corrected chi connectivity index (χ2v) is 5.63. The van der Waals surface area contributed by atoms with E-state index in [4.69, 9.17) is 19.1 Å². The van der Waals surface area contributed by atoms with Crippen LogP contribution in [0.3, 0.4) is 0 Å². The summed E-state index contributed by atoms with van der Waals surface area (Å²) in [5, 5.41) is 2.76. The summed E-state index contributed by atoms with van der Waals surface area (Å²) in [5.74, 6) is -0.0957. The van der Waals surface area contributed by atoms with Crippen LogP contribution in [-0.2, 0) is 20.7 Å². The minimum atomic E-state index is -3.13. The number of ether oxygens (including phenoxy) is 1. The third kappa shape index (κ3) is 7.12. The Morgan fingerprint density at radius 2 is 1.96 bits per heavy atom. The topological polar surface area (TPSA) is 116 Å². The molecule has 1 aliphatic heterocycles. The molecule has 1 saturated heterocycles. The number of likely N-dealkylation sites (N-methyl/N-ethyl adjacent to an activating group) is 1. The Hall–Kier alpha value is -1.89. The predicted molar refractivity (Wildman–Crippen MR) is 88.5 cm³/mol. The van der Waals surface area contributed by atoms with E-state index in [0.717, 1.165) is 12.0 Å². The van der Waals surface area contributed by atoms with Crippen LogP contribution in [0, 0.1) is 0 Å². The molecule has 0 radical (unpaired) electrons. The van der Waals surface area contributed by atoms with Crippen LogP contribution in [0.2, 0.25) is 0 Å². The lowest BCUT2D eigenvalue weighted by Gasteiger charge is -2.23. The van der Waals surface area contributed by atoms with E-state index >= 15 is 0 Å². The van der Waals surface area contributed by atoms with E-state index in [1.54, 1.807) is 0 Å². The molecule has 0 saturated carbocycles. The number of rotatable bonds is 4. The predicted octanol–water partition coefficient (Wildman–Crippen LogP) is 1.28. The van der Waals surface area contributed by atoms with E-state index in [2.05, 4.69) is 5.32 Å². The quantitative estimate of drug-likeness (QED) is 0.699. The van der Waals surface area contributed by atoms with Crippen LogP contribution < -0.4 is 5.32 Å². The Bertz CT molecular complexity index is 550. The van der Waals surface area contributed by atoms with Gasteiger partial charge in [-0.1, -0.05) is 30.3 Å². The number of amides is 2. The number of nitrogens with one attached hydrogen (secondary N) is 1. The Kier molecular flexibility index (Phi) is 9.07. The van der Waals surface area contributed by atoms with Gasteiger partial charge in [0.2, 0.25) is 5.91 Å². The van der Waals surface area contributed by atoms with Gasteiger partial charge in [0.15, 0.2) is 0 Å². The summed E-state index contributed by atoms with van der Waals surface area (Å²) < 4.78 is 14.0. The molecule has 0 bridgehead atoms. The van der Waals surface area contributed by atoms with Crippen molar-refractivity contribution in [2.45, 2.75) is 32.4 Å². The first kappa shape index (κ1) is 20.2. The number of carbonyl (C=O) groups is 2. The summed E-state index contributed by atoms with van der Waals surface area (Å²) in [5.41, 5.74) is 0.939. The second kappa shape index (κ2) is 10.8. The van der Waals surface area contributed by atoms with Gasteiger partial charge in [-0.15, -0.1) is 0 Å². The van der Waals surface area contributed by atoms with Crippen molar-refractivity contribution >= 4 is 20.3 Å². The Morgan fingerprint density at radius 3 is 2.54 bits per heavy atom. The fourth-order valence-electron chi connectivity index (χ4n) is 2.35. The third-order valence-corrected chi connectivity index (χ3v) is 3.35. The fourth-order valence-corrected chi connectivity index (χ4v) is 2.35. The zero-order chi connectivity index (χ0) is 17.9. The van der Waals surface area contributed by atoms with E-state index in [1.807, 2.05) is 37.3 Å². The average Bonchev–Trinajstić information content (AvgIpc) is 3.03. The smallest absolute Gasteiger partial charge is 0.410 e.